The predicted octanol–water partition coefficient (Wildman–Crippen LogP) is 0.787. The molecule has 0 aromatic carbocycles. The Labute approximate surface area is 197 Å². The first-order chi connectivity index (χ1) is 16.6. The summed E-state index contributed by atoms with van der Waals surface area (Å²) in [4.78, 5) is 62.6. The third kappa shape index (κ3) is 5.80. The molecular weight excluding hydrogens is 468 g/mol. The number of nitrogens with one attached hydrogen (secondary N) is 1. The molecule has 0 unspecified atom stereocenters. The Morgan fingerprint density at radius 3 is 2.54 bits per heavy atom. The molecule has 2 aromatic heterocycles. The second-order valence-corrected chi connectivity index (χ2v) is 7.43. The topological polar surface area (TPSA) is 210 Å². The normalized spacial score (nSPS) is 22.4. The Morgan fingerprint density at radius 2 is 1.94 bits per heavy atom. The number of nitrogens with zero attached hydrogens (tertiary/aromatic N) is 7. The van der Waals surface area contributed by atoms with Crippen molar-refractivity contribution in [2.45, 2.75) is 57.8 Å². The standard InChI is InChI=1S/C19H22N8O8/c1-8(28)23-19-21-6-11-16(24-19)27(7-22-11)17-15(34-10(3)30)13(33-9(2)29)5-12(35-17)14(25-26-20)18(31)32-4/h6-7,12-15,17H,5H2,1-4H3,(H,21,23,24,28)/t12-,13-,14-,15+,17+/m0/s1. The molecule has 0 bridgehead atoms. The summed E-state index contributed by atoms with van der Waals surface area (Å²) in [7, 11) is 1.11. The van der Waals surface area contributed by atoms with E-state index in [0.717, 1.165) is 21.0 Å². The number of azide groups is 1. The molecule has 16 heteroatoms. The molecule has 1 N–H and O–H groups in total. The number of aromatic nitrogens is 4. The summed E-state index contributed by atoms with van der Waals surface area (Å²) in [6.07, 6.45) is -2.19. The minimum atomic E-state index is -1.44. The molecule has 1 amide bonds. The highest BCUT2D eigenvalue weighted by Gasteiger charge is 2.48. The Bertz CT molecular complexity index is 1190. The lowest BCUT2D eigenvalue weighted by Crippen LogP contribution is -2.53. The van der Waals surface area contributed by atoms with E-state index < -0.39 is 54.4 Å². The van der Waals surface area contributed by atoms with E-state index in [1.807, 2.05) is 0 Å². The van der Waals surface area contributed by atoms with Gasteiger partial charge in [0.05, 0.1) is 25.7 Å². The quantitative estimate of drug-likeness (QED) is 0.188. The second-order valence-electron chi connectivity index (χ2n) is 7.43. The van der Waals surface area contributed by atoms with Crippen molar-refractivity contribution in [3.8, 4) is 0 Å². The SMILES string of the molecule is COC(=O)[C@@H](N=[N+]=[N-])[C@@H]1C[C@H](OC(C)=O)[C@@H](OC(C)=O)[C@H](n2cnc3cnc(NC(C)=O)nc32)O1. The monoisotopic (exact) mass is 490 g/mol. The van der Waals surface area contributed by atoms with Gasteiger partial charge in [0.1, 0.15) is 11.6 Å². The van der Waals surface area contributed by atoms with Gasteiger partial charge >= 0.3 is 17.9 Å². The summed E-state index contributed by atoms with van der Waals surface area (Å²) in [5.74, 6) is -2.70. The van der Waals surface area contributed by atoms with Gasteiger partial charge in [-0.1, -0.05) is 5.11 Å². The van der Waals surface area contributed by atoms with Gasteiger partial charge in [-0.2, -0.15) is 4.98 Å². The summed E-state index contributed by atoms with van der Waals surface area (Å²) in [5, 5.41) is 5.93. The van der Waals surface area contributed by atoms with Crippen LogP contribution in [0.4, 0.5) is 5.95 Å². The highest BCUT2D eigenvalue weighted by molar-refractivity contribution is 5.87. The van der Waals surface area contributed by atoms with Crippen LogP contribution in [0, 0.1) is 0 Å². The van der Waals surface area contributed by atoms with Gasteiger partial charge < -0.3 is 18.9 Å². The molecule has 186 valence electrons. The van der Waals surface area contributed by atoms with Crippen molar-refractivity contribution in [2.24, 2.45) is 5.11 Å². The van der Waals surface area contributed by atoms with E-state index in [1.54, 1.807) is 0 Å². The number of hydrogen-bond acceptors (Lipinski definition) is 12. The molecule has 0 saturated carbocycles. The predicted molar refractivity (Wildman–Crippen MR) is 114 cm³/mol. The fourth-order valence-electron chi connectivity index (χ4n) is 3.62. The molecule has 16 nitrogen and oxygen atoms in total. The van der Waals surface area contributed by atoms with Crippen molar-refractivity contribution in [1.82, 2.24) is 19.5 Å². The molecule has 1 aliphatic heterocycles. The molecule has 1 saturated heterocycles. The summed E-state index contributed by atoms with van der Waals surface area (Å²) < 4.78 is 23.0. The fourth-order valence-corrected chi connectivity index (χ4v) is 3.62. The number of rotatable bonds is 7. The van der Waals surface area contributed by atoms with Crippen LogP contribution in [-0.4, -0.2) is 74.8 Å². The number of hydrogen-bond donors (Lipinski definition) is 1. The third-order valence-electron chi connectivity index (χ3n) is 4.89. The maximum atomic E-state index is 12.3. The average Bonchev–Trinajstić information content (AvgIpc) is 3.20. The van der Waals surface area contributed by atoms with Gasteiger partial charge in [-0.15, -0.1) is 0 Å². The number of fused-ring (bicyclic) bond motifs is 1. The Hall–Kier alpha value is -4.30. The van der Waals surface area contributed by atoms with E-state index in [0.29, 0.717) is 5.52 Å². The van der Waals surface area contributed by atoms with E-state index in [9.17, 15) is 19.2 Å². The summed E-state index contributed by atoms with van der Waals surface area (Å²) in [6, 6.07) is -1.44. The van der Waals surface area contributed by atoms with Gasteiger partial charge in [0.25, 0.3) is 0 Å². The van der Waals surface area contributed by atoms with E-state index >= 15 is 0 Å². The number of methoxy groups -OCH3 is 1. The van der Waals surface area contributed by atoms with E-state index in [1.165, 1.54) is 24.0 Å². The van der Waals surface area contributed by atoms with Crippen LogP contribution in [-0.2, 0) is 38.1 Å². The van der Waals surface area contributed by atoms with Crippen LogP contribution >= 0.6 is 0 Å². The zero-order valence-corrected chi connectivity index (χ0v) is 19.1. The Balaban J connectivity index is 2.13. The fraction of sp³-hybridized carbons (Fsp3) is 0.526. The van der Waals surface area contributed by atoms with Crippen LogP contribution in [0.15, 0.2) is 17.6 Å². The first-order valence-corrected chi connectivity index (χ1v) is 10.2. The molecule has 3 rings (SSSR count). The summed E-state index contributed by atoms with van der Waals surface area (Å²) in [6.45, 7) is 3.60. The minimum Gasteiger partial charge on any atom is -0.469 e. The molecule has 0 radical (unpaired) electrons. The van der Waals surface area contributed by atoms with Crippen molar-refractivity contribution in [1.29, 1.82) is 0 Å². The van der Waals surface area contributed by atoms with Crippen LogP contribution in [0.25, 0.3) is 21.6 Å². The molecule has 5 atom stereocenters. The van der Waals surface area contributed by atoms with Gasteiger partial charge in [-0.3, -0.25) is 29.1 Å². The van der Waals surface area contributed by atoms with Crippen LogP contribution in [0.2, 0.25) is 0 Å². The molecule has 3 heterocycles. The number of imidazole rings is 1. The van der Waals surface area contributed by atoms with E-state index in [4.69, 9.17) is 24.5 Å². The van der Waals surface area contributed by atoms with Crippen LogP contribution in [0.5, 0.6) is 0 Å². The lowest BCUT2D eigenvalue weighted by molar-refractivity contribution is -0.226. The average molecular weight is 490 g/mol. The van der Waals surface area contributed by atoms with E-state index in [2.05, 4.69) is 30.3 Å². The molecular formula is C19H22N8O8. The highest BCUT2D eigenvalue weighted by Crippen LogP contribution is 2.36. The van der Waals surface area contributed by atoms with Crippen molar-refractivity contribution < 1.29 is 38.1 Å². The molecule has 0 aliphatic carbocycles. The summed E-state index contributed by atoms with van der Waals surface area (Å²) in [5.41, 5.74) is 9.43. The van der Waals surface area contributed by atoms with Crippen LogP contribution < -0.4 is 5.32 Å². The second kappa shape index (κ2) is 10.8. The van der Waals surface area contributed by atoms with Crippen molar-refractivity contribution in [3.05, 3.63) is 23.0 Å². The largest absolute Gasteiger partial charge is 0.469 e. The van der Waals surface area contributed by atoms with Crippen LogP contribution in [0.1, 0.15) is 33.4 Å². The zero-order chi connectivity index (χ0) is 25.7. The lowest BCUT2D eigenvalue weighted by atomic mass is 9.96. The van der Waals surface area contributed by atoms with Gasteiger partial charge in [0, 0.05) is 32.1 Å². The van der Waals surface area contributed by atoms with Crippen molar-refractivity contribution >= 4 is 40.9 Å². The van der Waals surface area contributed by atoms with Gasteiger partial charge in [0.2, 0.25) is 11.9 Å². The maximum absolute atomic E-state index is 12.3. The van der Waals surface area contributed by atoms with Crippen molar-refractivity contribution in [2.75, 3.05) is 12.4 Å². The maximum Gasteiger partial charge on any atom is 0.317 e. The molecule has 0 spiro atoms. The Morgan fingerprint density at radius 1 is 1.23 bits per heavy atom. The lowest BCUT2D eigenvalue weighted by Gasteiger charge is -2.41. The summed E-state index contributed by atoms with van der Waals surface area (Å²) >= 11 is 0. The van der Waals surface area contributed by atoms with Crippen molar-refractivity contribution in [3.63, 3.8) is 0 Å². The zero-order valence-electron chi connectivity index (χ0n) is 19.1. The highest BCUT2D eigenvalue weighted by atomic mass is 16.6. The number of ether oxygens (including phenoxy) is 4. The molecule has 1 aliphatic rings. The number of esters is 3. The molecule has 2 aromatic rings. The van der Waals surface area contributed by atoms with Gasteiger partial charge in [-0.05, 0) is 5.53 Å². The number of anilines is 1. The Kier molecular flexibility index (Phi) is 7.78. The first-order valence-electron chi connectivity index (χ1n) is 10.2. The van der Waals surface area contributed by atoms with Gasteiger partial charge in [0.15, 0.2) is 24.0 Å². The number of amides is 1. The number of carbonyl (C=O) groups excluding carboxylic acids is 4. The first kappa shape index (κ1) is 25.3. The third-order valence-corrected chi connectivity index (χ3v) is 4.89. The number of carbonyl (C=O) groups is 4. The molecule has 1 fully saturated rings. The van der Waals surface area contributed by atoms with Crippen LogP contribution in [0.3, 0.4) is 0 Å². The van der Waals surface area contributed by atoms with E-state index in [-0.39, 0.29) is 18.0 Å². The smallest absolute Gasteiger partial charge is 0.317 e. The van der Waals surface area contributed by atoms with Gasteiger partial charge in [-0.25, -0.2) is 9.97 Å². The minimum absolute atomic E-state index is 0.0267. The molecule has 35 heavy (non-hydrogen) atoms.